The number of anilines is 1. The molecule has 0 spiro atoms. The first kappa shape index (κ1) is 15.3. The molecular weight excluding hydrogens is 300 g/mol. The molecule has 0 aliphatic heterocycles. The third-order valence-electron chi connectivity index (χ3n) is 3.39. The zero-order valence-electron chi connectivity index (χ0n) is 11.1. The Morgan fingerprint density at radius 3 is 3.00 bits per heavy atom. The van der Waals surface area contributed by atoms with Gasteiger partial charge < -0.3 is 15.6 Å². The van der Waals surface area contributed by atoms with E-state index in [9.17, 15) is 9.35 Å². The molecule has 0 aromatic carbocycles. The van der Waals surface area contributed by atoms with E-state index in [0.717, 1.165) is 19.3 Å². The molecule has 3 N–H and O–H groups in total. The summed E-state index contributed by atoms with van der Waals surface area (Å²) in [5, 5.41) is 3.76. The van der Waals surface area contributed by atoms with Gasteiger partial charge in [-0.15, -0.1) is 0 Å². The molecule has 1 aromatic rings. The highest BCUT2D eigenvalue weighted by Gasteiger charge is 2.26. The normalized spacial score (nSPS) is 24.1. The SMILES string of the molecule is C[S+]([O-])c1nc(NC2CCCC(C(N)=O)C2)ncc1Cl. The Kier molecular flexibility index (Phi) is 5.06. The smallest absolute Gasteiger partial charge is 0.267 e. The Morgan fingerprint density at radius 1 is 1.60 bits per heavy atom. The second kappa shape index (κ2) is 6.60. The molecule has 1 heterocycles. The fraction of sp³-hybridized carbons (Fsp3) is 0.583. The van der Waals surface area contributed by atoms with Crippen molar-refractivity contribution in [2.45, 2.75) is 36.8 Å². The lowest BCUT2D eigenvalue weighted by Crippen LogP contribution is -2.34. The van der Waals surface area contributed by atoms with Crippen LogP contribution in [0.1, 0.15) is 25.7 Å². The van der Waals surface area contributed by atoms with E-state index in [1.54, 1.807) is 0 Å². The van der Waals surface area contributed by atoms with Gasteiger partial charge in [-0.1, -0.05) is 18.0 Å². The Hall–Kier alpha value is -1.05. The first-order valence-electron chi connectivity index (χ1n) is 6.39. The molecule has 0 bridgehead atoms. The zero-order chi connectivity index (χ0) is 14.7. The topological polar surface area (TPSA) is 104 Å². The number of nitrogens with zero attached hydrogens (tertiary/aromatic N) is 2. The van der Waals surface area contributed by atoms with Gasteiger partial charge in [0.25, 0.3) is 5.03 Å². The summed E-state index contributed by atoms with van der Waals surface area (Å²) in [5.74, 6) is 0.0203. The number of carbonyl (C=O) groups is 1. The van der Waals surface area contributed by atoms with Crippen molar-refractivity contribution in [2.24, 2.45) is 11.7 Å². The predicted molar refractivity (Wildman–Crippen MR) is 77.9 cm³/mol. The highest BCUT2D eigenvalue weighted by Crippen LogP contribution is 2.26. The first-order chi connectivity index (χ1) is 9.47. The van der Waals surface area contributed by atoms with Crippen LogP contribution < -0.4 is 11.1 Å². The molecule has 1 amide bonds. The maximum absolute atomic E-state index is 11.5. The summed E-state index contributed by atoms with van der Waals surface area (Å²) in [7, 11) is 0. The fourth-order valence-electron chi connectivity index (χ4n) is 2.38. The number of aromatic nitrogens is 2. The Labute approximate surface area is 125 Å². The second-order valence-corrected chi connectivity index (χ2v) is 6.61. The summed E-state index contributed by atoms with van der Waals surface area (Å²) < 4.78 is 11.5. The van der Waals surface area contributed by atoms with E-state index < -0.39 is 11.2 Å². The van der Waals surface area contributed by atoms with E-state index in [2.05, 4.69) is 15.3 Å². The monoisotopic (exact) mass is 316 g/mol. The van der Waals surface area contributed by atoms with E-state index in [1.165, 1.54) is 12.5 Å². The van der Waals surface area contributed by atoms with Crippen molar-refractivity contribution in [3.05, 3.63) is 11.2 Å². The van der Waals surface area contributed by atoms with Crippen LogP contribution in [-0.2, 0) is 16.0 Å². The summed E-state index contributed by atoms with van der Waals surface area (Å²) in [6, 6.07) is 0.0977. The molecule has 0 saturated heterocycles. The van der Waals surface area contributed by atoms with Crippen molar-refractivity contribution < 1.29 is 9.35 Å². The number of nitrogens with one attached hydrogen (secondary N) is 1. The third kappa shape index (κ3) is 3.74. The van der Waals surface area contributed by atoms with E-state index >= 15 is 0 Å². The van der Waals surface area contributed by atoms with E-state index in [4.69, 9.17) is 17.3 Å². The van der Waals surface area contributed by atoms with Gasteiger partial charge in [0.05, 0.1) is 6.20 Å². The number of carbonyl (C=O) groups excluding carboxylic acids is 1. The summed E-state index contributed by atoms with van der Waals surface area (Å²) in [4.78, 5) is 19.5. The Morgan fingerprint density at radius 2 is 2.35 bits per heavy atom. The Bertz CT molecular complexity index is 500. The molecule has 1 aliphatic rings. The van der Waals surface area contributed by atoms with Gasteiger partial charge in [0.15, 0.2) is 0 Å². The molecule has 110 valence electrons. The van der Waals surface area contributed by atoms with Crippen molar-refractivity contribution in [3.63, 3.8) is 0 Å². The summed E-state index contributed by atoms with van der Waals surface area (Å²) in [6.07, 6.45) is 6.32. The quantitative estimate of drug-likeness (QED) is 0.644. The maximum Gasteiger partial charge on any atom is 0.267 e. The molecule has 1 fully saturated rings. The van der Waals surface area contributed by atoms with Crippen molar-refractivity contribution >= 4 is 34.6 Å². The summed E-state index contributed by atoms with van der Waals surface area (Å²) >= 11 is 4.62. The van der Waals surface area contributed by atoms with Gasteiger partial charge in [0.1, 0.15) is 11.3 Å². The minimum absolute atomic E-state index is 0.0977. The average molecular weight is 317 g/mol. The van der Waals surface area contributed by atoms with Gasteiger partial charge in [-0.2, -0.15) is 4.98 Å². The first-order valence-corrected chi connectivity index (χ1v) is 8.32. The molecule has 20 heavy (non-hydrogen) atoms. The van der Waals surface area contributed by atoms with E-state index in [1.807, 2.05) is 0 Å². The van der Waals surface area contributed by atoms with Crippen molar-refractivity contribution in [1.82, 2.24) is 9.97 Å². The maximum atomic E-state index is 11.5. The molecule has 0 radical (unpaired) electrons. The molecule has 8 heteroatoms. The van der Waals surface area contributed by atoms with Crippen LogP contribution in [0.4, 0.5) is 5.95 Å². The number of nitrogens with two attached hydrogens (primary N) is 1. The van der Waals surface area contributed by atoms with Crippen LogP contribution >= 0.6 is 11.6 Å². The lowest BCUT2D eigenvalue weighted by molar-refractivity contribution is -0.122. The number of rotatable bonds is 4. The highest BCUT2D eigenvalue weighted by atomic mass is 35.5. The van der Waals surface area contributed by atoms with Crippen LogP contribution in [0.15, 0.2) is 11.2 Å². The molecule has 3 unspecified atom stereocenters. The minimum atomic E-state index is -1.27. The van der Waals surface area contributed by atoms with Gasteiger partial charge in [0.2, 0.25) is 11.9 Å². The lowest BCUT2D eigenvalue weighted by atomic mass is 9.85. The molecule has 3 atom stereocenters. The zero-order valence-corrected chi connectivity index (χ0v) is 12.7. The van der Waals surface area contributed by atoms with Crippen LogP contribution in [0.5, 0.6) is 0 Å². The molecule has 1 aliphatic carbocycles. The molecule has 2 rings (SSSR count). The second-order valence-electron chi connectivity index (χ2n) is 4.91. The molecular formula is C12H17ClN4O2S. The minimum Gasteiger partial charge on any atom is -0.610 e. The average Bonchev–Trinajstić information content (AvgIpc) is 2.41. The number of hydrogen-bond acceptors (Lipinski definition) is 5. The summed E-state index contributed by atoms with van der Waals surface area (Å²) in [6.45, 7) is 0. The van der Waals surface area contributed by atoms with Crippen LogP contribution in [0, 0.1) is 5.92 Å². The van der Waals surface area contributed by atoms with Crippen molar-refractivity contribution in [1.29, 1.82) is 0 Å². The van der Waals surface area contributed by atoms with Gasteiger partial charge in [-0.05, 0) is 19.3 Å². The Balaban J connectivity index is 2.06. The van der Waals surface area contributed by atoms with Crippen molar-refractivity contribution in [2.75, 3.05) is 11.6 Å². The van der Waals surface area contributed by atoms with Gasteiger partial charge in [-0.25, -0.2) is 4.98 Å². The van der Waals surface area contributed by atoms with Crippen molar-refractivity contribution in [3.8, 4) is 0 Å². The van der Waals surface area contributed by atoms with Crippen LogP contribution in [0.25, 0.3) is 0 Å². The van der Waals surface area contributed by atoms with Crippen LogP contribution in [0.2, 0.25) is 5.02 Å². The summed E-state index contributed by atoms with van der Waals surface area (Å²) in [5.41, 5.74) is 5.35. The lowest BCUT2D eigenvalue weighted by Gasteiger charge is -2.27. The molecule has 1 aromatic heterocycles. The van der Waals surface area contributed by atoms with Gasteiger partial charge in [-0.3, -0.25) is 4.79 Å². The standard InChI is InChI=1S/C12H17ClN4O2S/c1-20(19)11-9(13)6-15-12(17-11)16-8-4-2-3-7(5-8)10(14)18/h6-8H,2-5H2,1H3,(H2,14,18)(H,15,16,17). The molecule has 6 nitrogen and oxygen atoms in total. The van der Waals surface area contributed by atoms with Gasteiger partial charge >= 0.3 is 0 Å². The largest absolute Gasteiger partial charge is 0.610 e. The highest BCUT2D eigenvalue weighted by molar-refractivity contribution is 7.90. The van der Waals surface area contributed by atoms with E-state index in [0.29, 0.717) is 17.4 Å². The van der Waals surface area contributed by atoms with Gasteiger partial charge in [0, 0.05) is 23.1 Å². The fourth-order valence-corrected chi connectivity index (χ4v) is 3.34. The van der Waals surface area contributed by atoms with Crippen LogP contribution in [0.3, 0.4) is 0 Å². The third-order valence-corrected chi connectivity index (χ3v) is 4.64. The number of primary amides is 1. The van der Waals surface area contributed by atoms with Crippen LogP contribution in [-0.4, -0.2) is 32.7 Å². The number of halogens is 1. The number of hydrogen-bond donors (Lipinski definition) is 2. The van der Waals surface area contributed by atoms with E-state index in [-0.39, 0.29) is 22.9 Å². The predicted octanol–water partition coefficient (Wildman–Crippen LogP) is 1.32. The molecule has 1 saturated carbocycles. The number of amides is 1.